The van der Waals surface area contributed by atoms with Gasteiger partial charge in [-0.2, -0.15) is 0 Å². The van der Waals surface area contributed by atoms with Crippen LogP contribution >= 0.6 is 22.6 Å². The number of halogens is 1. The van der Waals surface area contributed by atoms with E-state index in [9.17, 15) is 0 Å². The summed E-state index contributed by atoms with van der Waals surface area (Å²) in [5, 5.41) is 0. The largest absolute Gasteiger partial charge is 0.0584 e. The van der Waals surface area contributed by atoms with Crippen molar-refractivity contribution in [3.05, 3.63) is 64.6 Å². The zero-order valence-corrected chi connectivity index (χ0v) is 9.86. The average molecular weight is 293 g/mol. The van der Waals surface area contributed by atoms with E-state index in [0.29, 0.717) is 0 Å². The molecule has 0 aliphatic carbocycles. The van der Waals surface area contributed by atoms with Gasteiger partial charge in [-0.1, -0.05) is 36.4 Å². The lowest BCUT2D eigenvalue weighted by Crippen LogP contribution is -1.78. The Morgan fingerprint density at radius 1 is 0.714 bits per heavy atom. The summed E-state index contributed by atoms with van der Waals surface area (Å²) in [4.78, 5) is 0. The Morgan fingerprint density at radius 3 is 1.64 bits per heavy atom. The van der Waals surface area contributed by atoms with E-state index in [1.165, 1.54) is 14.7 Å². The molecule has 1 radical (unpaired) electrons. The van der Waals surface area contributed by atoms with Crippen LogP contribution < -0.4 is 0 Å². The van der Waals surface area contributed by atoms with Crippen molar-refractivity contribution >= 4 is 22.6 Å². The van der Waals surface area contributed by atoms with Crippen LogP contribution in [0.2, 0.25) is 0 Å². The highest BCUT2D eigenvalue weighted by Gasteiger charge is 1.95. The van der Waals surface area contributed by atoms with E-state index in [4.69, 9.17) is 0 Å². The van der Waals surface area contributed by atoms with Gasteiger partial charge in [0.05, 0.1) is 0 Å². The Hall–Kier alpha value is -0.830. The van der Waals surface area contributed by atoms with Crippen LogP contribution in [0, 0.1) is 10.5 Å². The van der Waals surface area contributed by atoms with Gasteiger partial charge in [0.15, 0.2) is 0 Å². The second-order valence-corrected chi connectivity index (χ2v) is 4.45. The Balaban J connectivity index is 2.40. The minimum Gasteiger partial charge on any atom is -0.0584 e. The molecule has 0 aliphatic rings. The Kier molecular flexibility index (Phi) is 2.87. The number of benzene rings is 2. The van der Waals surface area contributed by atoms with Crippen molar-refractivity contribution in [2.24, 2.45) is 0 Å². The third-order valence-electron chi connectivity index (χ3n) is 2.13. The summed E-state index contributed by atoms with van der Waals surface area (Å²) in [5.74, 6) is 0. The molecule has 0 amide bonds. The van der Waals surface area contributed by atoms with E-state index in [2.05, 4.69) is 65.9 Å². The molecular weight excluding hydrogens is 283 g/mol. The third-order valence-corrected chi connectivity index (χ3v) is 2.85. The van der Waals surface area contributed by atoms with Crippen LogP contribution in [0.5, 0.6) is 0 Å². The lowest BCUT2D eigenvalue weighted by molar-refractivity contribution is 1.56. The molecule has 2 aromatic rings. The summed E-state index contributed by atoms with van der Waals surface area (Å²) in [5.41, 5.74) is 3.55. The quantitative estimate of drug-likeness (QED) is 0.693. The first-order valence-corrected chi connectivity index (χ1v) is 5.51. The summed E-state index contributed by atoms with van der Waals surface area (Å²) in [6.07, 6.45) is 0. The van der Waals surface area contributed by atoms with Crippen molar-refractivity contribution < 1.29 is 0 Å². The molecule has 0 bridgehead atoms. The highest BCUT2D eigenvalue weighted by Crippen LogP contribution is 2.20. The summed E-state index contributed by atoms with van der Waals surface area (Å²) < 4.78 is 1.26. The van der Waals surface area contributed by atoms with Crippen LogP contribution in [-0.4, -0.2) is 0 Å². The van der Waals surface area contributed by atoms with Crippen molar-refractivity contribution in [1.82, 2.24) is 0 Å². The topological polar surface area (TPSA) is 0 Å². The van der Waals surface area contributed by atoms with Crippen molar-refractivity contribution in [3.8, 4) is 11.1 Å². The molecule has 0 unspecified atom stereocenters. The smallest absolute Gasteiger partial charge is 0.0130 e. The summed E-state index contributed by atoms with van der Waals surface area (Å²) in [6.45, 7) is 3.87. The van der Waals surface area contributed by atoms with Gasteiger partial charge in [0, 0.05) is 3.57 Å². The Labute approximate surface area is 98.1 Å². The monoisotopic (exact) mass is 293 g/mol. The predicted octanol–water partition coefficient (Wildman–Crippen LogP) is 4.14. The van der Waals surface area contributed by atoms with Gasteiger partial charge in [-0.25, -0.2) is 0 Å². The van der Waals surface area contributed by atoms with E-state index < -0.39 is 0 Å². The fourth-order valence-electron chi connectivity index (χ4n) is 1.34. The van der Waals surface area contributed by atoms with Crippen LogP contribution in [0.25, 0.3) is 11.1 Å². The predicted molar refractivity (Wildman–Crippen MR) is 69.1 cm³/mol. The van der Waals surface area contributed by atoms with Gasteiger partial charge in [0.25, 0.3) is 0 Å². The van der Waals surface area contributed by atoms with Gasteiger partial charge in [0.1, 0.15) is 0 Å². The summed E-state index contributed by atoms with van der Waals surface area (Å²) in [6, 6.07) is 16.8. The summed E-state index contributed by atoms with van der Waals surface area (Å²) >= 11 is 2.31. The van der Waals surface area contributed by atoms with Crippen LogP contribution in [0.15, 0.2) is 48.5 Å². The molecule has 2 aromatic carbocycles. The van der Waals surface area contributed by atoms with Crippen LogP contribution in [0.4, 0.5) is 0 Å². The average Bonchev–Trinajstić information content (AvgIpc) is 2.21. The van der Waals surface area contributed by atoms with Gasteiger partial charge in [-0.15, -0.1) is 0 Å². The number of rotatable bonds is 1. The van der Waals surface area contributed by atoms with Crippen LogP contribution in [-0.2, 0) is 0 Å². The highest BCUT2D eigenvalue weighted by molar-refractivity contribution is 14.1. The molecule has 0 spiro atoms. The van der Waals surface area contributed by atoms with Crippen molar-refractivity contribution in [1.29, 1.82) is 0 Å². The first kappa shape index (κ1) is 9.71. The van der Waals surface area contributed by atoms with Crippen molar-refractivity contribution in [3.63, 3.8) is 0 Å². The maximum Gasteiger partial charge on any atom is 0.0130 e. The minimum atomic E-state index is 1.05. The molecule has 2 rings (SSSR count). The van der Waals surface area contributed by atoms with Gasteiger partial charge in [-0.05, 0) is 58.3 Å². The second-order valence-electron chi connectivity index (χ2n) is 3.20. The lowest BCUT2D eigenvalue weighted by Gasteiger charge is -2.01. The highest BCUT2D eigenvalue weighted by atomic mass is 127. The van der Waals surface area contributed by atoms with Gasteiger partial charge < -0.3 is 0 Å². The molecule has 0 fully saturated rings. The van der Waals surface area contributed by atoms with Crippen molar-refractivity contribution in [2.75, 3.05) is 0 Å². The lowest BCUT2D eigenvalue weighted by atomic mass is 10.0. The first-order valence-electron chi connectivity index (χ1n) is 4.44. The van der Waals surface area contributed by atoms with E-state index in [0.717, 1.165) is 5.56 Å². The van der Waals surface area contributed by atoms with E-state index in [1.54, 1.807) is 0 Å². The molecule has 69 valence electrons. The maximum absolute atomic E-state index is 3.87. The first-order chi connectivity index (χ1) is 6.75. The second kappa shape index (κ2) is 4.13. The molecular formula is C13H10I. The molecule has 14 heavy (non-hydrogen) atoms. The molecule has 0 aliphatic heterocycles. The normalized spacial score (nSPS) is 10.1. The zero-order valence-electron chi connectivity index (χ0n) is 7.70. The maximum atomic E-state index is 3.87. The molecule has 0 N–H and O–H groups in total. The molecule has 0 heterocycles. The van der Waals surface area contributed by atoms with E-state index >= 15 is 0 Å². The SMILES string of the molecule is [CH2]c1ccc(-c2ccc(I)cc2)cc1. The van der Waals surface area contributed by atoms with Gasteiger partial charge >= 0.3 is 0 Å². The standard InChI is InChI=1S/C13H10I/c1-10-2-4-11(5-3-10)12-6-8-13(14)9-7-12/h2-9H,1H2. The number of hydrogen-bond donors (Lipinski definition) is 0. The molecule has 0 atom stereocenters. The molecule has 1 heteroatoms. The van der Waals surface area contributed by atoms with E-state index in [1.807, 2.05) is 12.1 Å². The van der Waals surface area contributed by atoms with E-state index in [-0.39, 0.29) is 0 Å². The summed E-state index contributed by atoms with van der Waals surface area (Å²) in [7, 11) is 0. The molecule has 0 saturated carbocycles. The van der Waals surface area contributed by atoms with Crippen LogP contribution in [0.1, 0.15) is 5.56 Å². The van der Waals surface area contributed by atoms with Crippen molar-refractivity contribution in [2.45, 2.75) is 0 Å². The fraction of sp³-hybridized carbons (Fsp3) is 0. The Bertz CT molecular complexity index is 368. The fourth-order valence-corrected chi connectivity index (χ4v) is 1.70. The molecule has 0 aromatic heterocycles. The minimum absolute atomic E-state index is 1.05. The van der Waals surface area contributed by atoms with Gasteiger partial charge in [0.2, 0.25) is 0 Å². The zero-order chi connectivity index (χ0) is 9.97. The van der Waals surface area contributed by atoms with Gasteiger partial charge in [-0.3, -0.25) is 0 Å². The molecule has 0 nitrogen and oxygen atoms in total. The van der Waals surface area contributed by atoms with Crippen LogP contribution in [0.3, 0.4) is 0 Å². The molecule has 0 saturated heterocycles. The Morgan fingerprint density at radius 2 is 1.14 bits per heavy atom. The third kappa shape index (κ3) is 2.15. The number of hydrogen-bond acceptors (Lipinski definition) is 0.